The molecule has 0 saturated carbocycles. The Morgan fingerprint density at radius 2 is 0.936 bits per heavy atom. The van der Waals surface area contributed by atoms with Gasteiger partial charge in [0.15, 0.2) is 0 Å². The molecule has 254 valence electrons. The maximum absolute atomic E-state index is 12.9. The smallest absolute Gasteiger partial charge is 0.397 e. The van der Waals surface area contributed by atoms with Gasteiger partial charge in [0.05, 0.1) is 16.4 Å². The zero-order valence-corrected chi connectivity index (χ0v) is 27.5. The van der Waals surface area contributed by atoms with Crippen molar-refractivity contribution in [1.82, 2.24) is 0 Å². The van der Waals surface area contributed by atoms with E-state index >= 15 is 0 Å². The molecule has 2 unspecified atom stereocenters. The number of aryl methyl sites for hydroxylation is 1. The van der Waals surface area contributed by atoms with E-state index in [-0.39, 0.29) is 42.0 Å². The zero-order valence-electron chi connectivity index (χ0n) is 25.1. The first-order chi connectivity index (χ1) is 22.1. The van der Waals surface area contributed by atoms with Crippen molar-refractivity contribution in [3.05, 3.63) is 90.5 Å². The first-order valence-electron chi connectivity index (χ1n) is 13.8. The van der Waals surface area contributed by atoms with Gasteiger partial charge in [-0.3, -0.25) is 9.11 Å². The highest BCUT2D eigenvalue weighted by Gasteiger charge is 2.21. The molecule has 0 bridgehead atoms. The molecule has 0 aliphatic heterocycles. The summed E-state index contributed by atoms with van der Waals surface area (Å²) < 4.78 is 120. The van der Waals surface area contributed by atoms with Gasteiger partial charge < -0.3 is 18.9 Å². The van der Waals surface area contributed by atoms with Crippen LogP contribution in [0.3, 0.4) is 0 Å². The Morgan fingerprint density at radius 3 is 1.36 bits per heavy atom. The van der Waals surface area contributed by atoms with Crippen LogP contribution in [0, 0.1) is 6.92 Å². The van der Waals surface area contributed by atoms with Crippen LogP contribution < -0.4 is 14.2 Å². The fourth-order valence-corrected chi connectivity index (χ4v) is 6.43. The number of benzene rings is 4. The van der Waals surface area contributed by atoms with Crippen LogP contribution in [-0.4, -0.2) is 80.1 Å². The topological polar surface area (TPSA) is 198 Å². The van der Waals surface area contributed by atoms with Gasteiger partial charge >= 0.3 is 20.8 Å². The normalized spacial score (nSPS) is 13.6. The summed E-state index contributed by atoms with van der Waals surface area (Å²) in [5.41, 5.74) is 0.918. The molecule has 0 saturated heterocycles. The van der Waals surface area contributed by atoms with E-state index < -0.39 is 42.8 Å². The van der Waals surface area contributed by atoms with Crippen molar-refractivity contribution >= 4 is 41.4 Å². The van der Waals surface area contributed by atoms with Gasteiger partial charge in [-0.2, -0.15) is 16.8 Å². The van der Waals surface area contributed by atoms with Gasteiger partial charge in [-0.25, -0.2) is 16.8 Å². The van der Waals surface area contributed by atoms with Gasteiger partial charge in [0.25, 0.3) is 0 Å². The van der Waals surface area contributed by atoms with E-state index in [1.165, 1.54) is 43.5 Å². The molecule has 4 aromatic carbocycles. The Bertz CT molecular complexity index is 1980. The second kappa shape index (κ2) is 15.4. The highest BCUT2D eigenvalue weighted by Crippen LogP contribution is 2.26. The van der Waals surface area contributed by atoms with Crippen LogP contribution in [0.25, 0.3) is 10.8 Å². The fraction of sp³-hybridized carbons (Fsp3) is 0.267. The molecule has 2 atom stereocenters. The highest BCUT2D eigenvalue weighted by atomic mass is 32.3. The van der Waals surface area contributed by atoms with Crippen LogP contribution in [0.15, 0.2) is 94.7 Å². The van der Waals surface area contributed by atoms with Gasteiger partial charge in [-0.1, -0.05) is 29.8 Å². The second-order valence-electron chi connectivity index (χ2n) is 10.1. The number of methoxy groups -OCH3 is 1. The first kappa shape index (κ1) is 36.0. The van der Waals surface area contributed by atoms with Crippen molar-refractivity contribution < 1.29 is 61.7 Å². The second-order valence-corrected chi connectivity index (χ2v) is 14.2. The van der Waals surface area contributed by atoms with E-state index in [1.54, 1.807) is 48.5 Å². The molecule has 0 radical (unpaired) electrons. The number of ether oxygens (including phenoxy) is 4. The summed E-state index contributed by atoms with van der Waals surface area (Å²) in [5.74, 6) is 0.937. The average Bonchev–Trinajstić information content (AvgIpc) is 3.00. The van der Waals surface area contributed by atoms with Crippen molar-refractivity contribution in [3.63, 3.8) is 0 Å². The van der Waals surface area contributed by atoms with Crippen molar-refractivity contribution in [2.45, 2.75) is 28.9 Å². The molecule has 4 aromatic rings. The van der Waals surface area contributed by atoms with Crippen LogP contribution in [0.5, 0.6) is 17.2 Å². The van der Waals surface area contributed by atoms with Crippen LogP contribution >= 0.6 is 0 Å². The average molecular weight is 713 g/mol. The van der Waals surface area contributed by atoms with E-state index in [0.717, 1.165) is 10.9 Å². The standard InChI is InChI=1S/C30H32O14S3/c1-21-3-11-29(12-4-21)45(31,32)30-13-9-24(10-14-30)40-19-28(44-47(36,37)38)20-42-26-8-6-22-15-25(7-5-23(22)16-26)41-18-27(17-39-2)43-46(33,34)35/h3-16,27-28H,17-20H2,1-2H3,(H,33,34,35)(H,36,37,38). The molecular formula is C30H32O14S3. The molecule has 14 nitrogen and oxygen atoms in total. The molecule has 2 N–H and O–H groups in total. The Morgan fingerprint density at radius 1 is 0.553 bits per heavy atom. The minimum absolute atomic E-state index is 0.0409. The number of hydrogen-bond donors (Lipinski definition) is 2. The Balaban J connectivity index is 1.37. The number of fused-ring (bicyclic) bond motifs is 1. The molecule has 0 aliphatic carbocycles. The van der Waals surface area contributed by atoms with Crippen LogP contribution in [0.4, 0.5) is 0 Å². The summed E-state index contributed by atoms with van der Waals surface area (Å²) >= 11 is 0. The molecule has 0 aliphatic rings. The van der Waals surface area contributed by atoms with Crippen LogP contribution in [0.2, 0.25) is 0 Å². The molecular weight excluding hydrogens is 681 g/mol. The summed E-state index contributed by atoms with van der Waals surface area (Å²) in [6.07, 6.45) is -2.36. The van der Waals surface area contributed by atoms with Gasteiger partial charge in [-0.05, 0) is 78.4 Å². The third-order valence-electron chi connectivity index (χ3n) is 6.42. The van der Waals surface area contributed by atoms with Gasteiger partial charge in [0.2, 0.25) is 9.84 Å². The lowest BCUT2D eigenvalue weighted by atomic mass is 10.1. The Labute approximate surface area is 272 Å². The molecule has 17 heteroatoms. The summed E-state index contributed by atoms with van der Waals surface area (Å²) in [5, 5.41) is 1.43. The van der Waals surface area contributed by atoms with Crippen molar-refractivity contribution in [1.29, 1.82) is 0 Å². The van der Waals surface area contributed by atoms with E-state index in [1.807, 2.05) is 6.92 Å². The maximum Gasteiger partial charge on any atom is 0.397 e. The third kappa shape index (κ3) is 11.1. The number of hydrogen-bond acceptors (Lipinski definition) is 12. The molecule has 0 spiro atoms. The minimum atomic E-state index is -4.87. The fourth-order valence-electron chi connectivity index (χ4n) is 4.25. The van der Waals surface area contributed by atoms with Crippen molar-refractivity contribution in [3.8, 4) is 17.2 Å². The Kier molecular flexibility index (Phi) is 11.8. The maximum atomic E-state index is 12.9. The monoisotopic (exact) mass is 712 g/mol. The lowest BCUT2D eigenvalue weighted by Gasteiger charge is -2.18. The van der Waals surface area contributed by atoms with Gasteiger partial charge in [-0.15, -0.1) is 0 Å². The van der Waals surface area contributed by atoms with Crippen LogP contribution in [0.1, 0.15) is 5.56 Å². The van der Waals surface area contributed by atoms with Crippen molar-refractivity contribution in [2.75, 3.05) is 33.5 Å². The lowest BCUT2D eigenvalue weighted by molar-refractivity contribution is 0.0451. The number of rotatable bonds is 17. The molecule has 0 amide bonds. The summed E-state index contributed by atoms with van der Waals surface area (Å²) in [6, 6.07) is 21.9. The van der Waals surface area contributed by atoms with E-state index in [2.05, 4.69) is 4.18 Å². The quantitative estimate of drug-likeness (QED) is 0.150. The molecule has 47 heavy (non-hydrogen) atoms. The zero-order chi connectivity index (χ0) is 34.2. The third-order valence-corrected chi connectivity index (χ3v) is 9.24. The summed E-state index contributed by atoms with van der Waals surface area (Å²) in [6.45, 7) is 0.756. The summed E-state index contributed by atoms with van der Waals surface area (Å²) in [7, 11) is -12.0. The SMILES string of the molecule is COCC(COc1ccc2cc(OCC(COc3ccc(S(=O)(=O)c4ccc(C)cc4)cc3)OS(=O)(=O)O)ccc2c1)OS(=O)(=O)O. The van der Waals surface area contributed by atoms with Gasteiger partial charge in [0.1, 0.15) is 49.3 Å². The largest absolute Gasteiger partial charge is 0.491 e. The molecule has 0 heterocycles. The number of sulfone groups is 1. The van der Waals surface area contributed by atoms with E-state index in [4.69, 9.17) is 27.7 Å². The Hall–Kier alpha value is -3.81. The predicted molar refractivity (Wildman–Crippen MR) is 168 cm³/mol. The minimum Gasteiger partial charge on any atom is -0.491 e. The highest BCUT2D eigenvalue weighted by molar-refractivity contribution is 7.91. The first-order valence-corrected chi connectivity index (χ1v) is 18.0. The van der Waals surface area contributed by atoms with Crippen molar-refractivity contribution in [2.24, 2.45) is 0 Å². The van der Waals surface area contributed by atoms with E-state index in [9.17, 15) is 29.8 Å². The predicted octanol–water partition coefficient (Wildman–Crippen LogP) is 3.84. The molecule has 0 fully saturated rings. The van der Waals surface area contributed by atoms with E-state index in [0.29, 0.717) is 16.9 Å². The molecule has 4 rings (SSSR count). The summed E-state index contributed by atoms with van der Waals surface area (Å²) in [4.78, 5) is 0.178. The molecule has 0 aromatic heterocycles. The lowest BCUT2D eigenvalue weighted by Crippen LogP contribution is -2.31. The van der Waals surface area contributed by atoms with Crippen LogP contribution in [-0.2, 0) is 43.7 Å². The van der Waals surface area contributed by atoms with Gasteiger partial charge in [0, 0.05) is 7.11 Å².